The van der Waals surface area contributed by atoms with Crippen LogP contribution >= 0.6 is 0 Å². The van der Waals surface area contributed by atoms with Crippen LogP contribution in [0.5, 0.6) is 5.75 Å². The molecule has 0 bridgehead atoms. The minimum Gasteiger partial charge on any atom is -0.492 e. The number of anilines is 1. The first kappa shape index (κ1) is 17.4. The Morgan fingerprint density at radius 3 is 2.54 bits per heavy atom. The number of nitrogens with one attached hydrogen (secondary N) is 1. The van der Waals surface area contributed by atoms with Gasteiger partial charge in [0.2, 0.25) is 5.43 Å². The highest BCUT2D eigenvalue weighted by atomic mass is 16.5. The van der Waals surface area contributed by atoms with Gasteiger partial charge < -0.3 is 10.1 Å². The maximum atomic E-state index is 12.6. The lowest BCUT2D eigenvalue weighted by Crippen LogP contribution is -2.27. The summed E-state index contributed by atoms with van der Waals surface area (Å²) in [5, 5.41) is 6.98. The van der Waals surface area contributed by atoms with E-state index in [1.54, 1.807) is 29.8 Å². The molecule has 0 radical (unpaired) electrons. The van der Waals surface area contributed by atoms with Crippen LogP contribution in [-0.2, 0) is 0 Å². The molecule has 3 rings (SSSR count). The number of para-hydroxylation sites is 3. The molecule has 1 aromatic heterocycles. The van der Waals surface area contributed by atoms with E-state index in [0.717, 1.165) is 5.69 Å². The van der Waals surface area contributed by atoms with Gasteiger partial charge in [-0.3, -0.25) is 9.59 Å². The molecule has 0 aliphatic heterocycles. The summed E-state index contributed by atoms with van der Waals surface area (Å²) in [6, 6.07) is 17.8. The van der Waals surface area contributed by atoms with Gasteiger partial charge >= 0.3 is 0 Å². The summed E-state index contributed by atoms with van der Waals surface area (Å²) in [6.07, 6.45) is 0. The highest BCUT2D eigenvalue weighted by molar-refractivity contribution is 6.03. The zero-order chi connectivity index (χ0) is 18.5. The van der Waals surface area contributed by atoms with Crippen molar-refractivity contribution in [1.29, 1.82) is 0 Å². The molecule has 0 saturated heterocycles. The molecule has 0 saturated carbocycles. The summed E-state index contributed by atoms with van der Waals surface area (Å²) in [4.78, 5) is 24.9. The molecule has 26 heavy (non-hydrogen) atoms. The van der Waals surface area contributed by atoms with Gasteiger partial charge in [0.05, 0.1) is 18.0 Å². The summed E-state index contributed by atoms with van der Waals surface area (Å²) in [6.45, 7) is 4.10. The van der Waals surface area contributed by atoms with Gasteiger partial charge in [0.1, 0.15) is 5.75 Å². The molecule has 0 spiro atoms. The number of rotatable bonds is 5. The summed E-state index contributed by atoms with van der Waals surface area (Å²) in [5.41, 5.74) is 1.31. The number of aryl methyl sites for hydroxylation is 1. The predicted octanol–water partition coefficient (Wildman–Crippen LogP) is 3.19. The average Bonchev–Trinajstić information content (AvgIpc) is 2.64. The van der Waals surface area contributed by atoms with E-state index in [4.69, 9.17) is 4.74 Å². The maximum absolute atomic E-state index is 12.6. The van der Waals surface area contributed by atoms with E-state index < -0.39 is 11.3 Å². The van der Waals surface area contributed by atoms with Crippen LogP contribution < -0.4 is 15.5 Å². The van der Waals surface area contributed by atoms with Crippen LogP contribution in [0.25, 0.3) is 5.69 Å². The predicted molar refractivity (Wildman–Crippen MR) is 100 cm³/mol. The van der Waals surface area contributed by atoms with Gasteiger partial charge in [0.15, 0.2) is 5.69 Å². The van der Waals surface area contributed by atoms with Crippen LogP contribution in [-0.4, -0.2) is 22.3 Å². The number of aromatic nitrogens is 2. The van der Waals surface area contributed by atoms with E-state index in [2.05, 4.69) is 10.4 Å². The normalized spacial score (nSPS) is 10.4. The third-order valence-electron chi connectivity index (χ3n) is 3.76. The number of benzene rings is 2. The van der Waals surface area contributed by atoms with Crippen molar-refractivity contribution in [3.8, 4) is 11.4 Å². The van der Waals surface area contributed by atoms with Crippen molar-refractivity contribution in [2.45, 2.75) is 13.8 Å². The van der Waals surface area contributed by atoms with Gasteiger partial charge in [-0.05, 0) is 38.1 Å². The van der Waals surface area contributed by atoms with Crippen LogP contribution in [0.3, 0.4) is 0 Å². The third kappa shape index (κ3) is 3.64. The smallest absolute Gasteiger partial charge is 0.280 e. The van der Waals surface area contributed by atoms with Crippen molar-refractivity contribution in [2.75, 3.05) is 11.9 Å². The highest BCUT2D eigenvalue weighted by Crippen LogP contribution is 2.23. The van der Waals surface area contributed by atoms with Gasteiger partial charge in [0.25, 0.3) is 5.91 Å². The first-order valence-electron chi connectivity index (χ1n) is 8.29. The molecule has 0 atom stereocenters. The summed E-state index contributed by atoms with van der Waals surface area (Å²) < 4.78 is 7.07. The van der Waals surface area contributed by atoms with Crippen molar-refractivity contribution >= 4 is 11.6 Å². The molecule has 6 nitrogen and oxygen atoms in total. The lowest BCUT2D eigenvalue weighted by Gasteiger charge is -2.13. The first-order chi connectivity index (χ1) is 12.6. The number of nitrogens with zero attached hydrogens (tertiary/aromatic N) is 2. The number of ether oxygens (including phenoxy) is 1. The third-order valence-corrected chi connectivity index (χ3v) is 3.76. The van der Waals surface area contributed by atoms with Crippen LogP contribution in [0.4, 0.5) is 5.69 Å². The molecule has 6 heteroatoms. The Morgan fingerprint density at radius 2 is 1.81 bits per heavy atom. The van der Waals surface area contributed by atoms with Crippen molar-refractivity contribution in [3.63, 3.8) is 0 Å². The monoisotopic (exact) mass is 349 g/mol. The van der Waals surface area contributed by atoms with Gasteiger partial charge in [-0.2, -0.15) is 5.10 Å². The standard InChI is InChI=1S/C20H19N3O3/c1-3-26-18-12-8-7-11-16(18)21-20(25)19-17(24)13-14(2)23(22-19)15-9-5-4-6-10-15/h4-13H,3H2,1-2H3,(H,21,25). The first-order valence-corrected chi connectivity index (χ1v) is 8.29. The van der Waals surface area contributed by atoms with E-state index in [-0.39, 0.29) is 5.69 Å². The fourth-order valence-electron chi connectivity index (χ4n) is 2.57. The lowest BCUT2D eigenvalue weighted by molar-refractivity contribution is 0.101. The molecule has 1 amide bonds. The SMILES string of the molecule is CCOc1ccccc1NC(=O)c1nn(-c2ccccc2)c(C)cc1=O. The summed E-state index contributed by atoms with van der Waals surface area (Å²) in [7, 11) is 0. The lowest BCUT2D eigenvalue weighted by atomic mass is 10.2. The minimum absolute atomic E-state index is 0.175. The quantitative estimate of drug-likeness (QED) is 0.768. The Balaban J connectivity index is 1.97. The second-order valence-electron chi connectivity index (χ2n) is 5.63. The zero-order valence-corrected chi connectivity index (χ0v) is 14.6. The van der Waals surface area contributed by atoms with Crippen molar-refractivity contribution < 1.29 is 9.53 Å². The van der Waals surface area contributed by atoms with Gasteiger partial charge in [-0.15, -0.1) is 0 Å². The Bertz CT molecular complexity index is 981. The maximum Gasteiger partial charge on any atom is 0.280 e. The van der Waals surface area contributed by atoms with Gasteiger partial charge in [0, 0.05) is 11.8 Å². The van der Waals surface area contributed by atoms with E-state index in [9.17, 15) is 9.59 Å². The number of hydrogen-bond donors (Lipinski definition) is 1. The number of carbonyl (C=O) groups excluding carboxylic acids is 1. The number of amides is 1. The minimum atomic E-state index is -0.577. The van der Waals surface area contributed by atoms with E-state index >= 15 is 0 Å². The number of hydrogen-bond acceptors (Lipinski definition) is 4. The zero-order valence-electron chi connectivity index (χ0n) is 14.6. The number of carbonyl (C=O) groups is 1. The molecule has 0 aliphatic rings. The summed E-state index contributed by atoms with van der Waals surface area (Å²) >= 11 is 0. The topological polar surface area (TPSA) is 73.2 Å². The van der Waals surface area contributed by atoms with Crippen molar-refractivity contribution in [2.24, 2.45) is 0 Å². The molecule has 2 aromatic carbocycles. The van der Waals surface area contributed by atoms with Crippen LogP contribution in [0, 0.1) is 6.92 Å². The second kappa shape index (κ2) is 7.65. The Kier molecular flexibility index (Phi) is 5.12. The van der Waals surface area contributed by atoms with E-state index in [1.165, 1.54) is 6.07 Å². The van der Waals surface area contributed by atoms with Crippen molar-refractivity contribution in [1.82, 2.24) is 9.78 Å². The molecular formula is C20H19N3O3. The second-order valence-corrected chi connectivity index (χ2v) is 5.63. The van der Waals surface area contributed by atoms with Crippen molar-refractivity contribution in [3.05, 3.63) is 82.3 Å². The van der Waals surface area contributed by atoms with Gasteiger partial charge in [-0.25, -0.2) is 4.68 Å². The van der Waals surface area contributed by atoms with Crippen LogP contribution in [0.1, 0.15) is 23.1 Å². The van der Waals surface area contributed by atoms with Crippen LogP contribution in [0.15, 0.2) is 65.5 Å². The Labute approximate surface area is 151 Å². The Morgan fingerprint density at radius 1 is 1.12 bits per heavy atom. The molecule has 1 N–H and O–H groups in total. The molecule has 0 unspecified atom stereocenters. The molecule has 1 heterocycles. The molecule has 0 aliphatic carbocycles. The average molecular weight is 349 g/mol. The highest BCUT2D eigenvalue weighted by Gasteiger charge is 2.17. The molecular weight excluding hydrogens is 330 g/mol. The molecule has 0 fully saturated rings. The molecule has 3 aromatic rings. The Hall–Kier alpha value is -3.41. The van der Waals surface area contributed by atoms with E-state index in [0.29, 0.717) is 23.7 Å². The summed E-state index contributed by atoms with van der Waals surface area (Å²) in [5.74, 6) is -0.0364. The van der Waals surface area contributed by atoms with Gasteiger partial charge in [-0.1, -0.05) is 30.3 Å². The fourth-order valence-corrected chi connectivity index (χ4v) is 2.57. The van der Waals surface area contributed by atoms with Crippen LogP contribution in [0.2, 0.25) is 0 Å². The fraction of sp³-hybridized carbons (Fsp3) is 0.150. The molecule has 132 valence electrons. The largest absolute Gasteiger partial charge is 0.492 e. The van der Waals surface area contributed by atoms with E-state index in [1.807, 2.05) is 43.3 Å².